The molecule has 17 heavy (non-hydrogen) atoms. The Hall–Kier alpha value is -1.13. The molecule has 3 rings (SSSR count). The van der Waals surface area contributed by atoms with Crippen molar-refractivity contribution in [1.82, 2.24) is 4.98 Å². The van der Waals surface area contributed by atoms with E-state index in [1.165, 1.54) is 10.1 Å². The van der Waals surface area contributed by atoms with Crippen molar-refractivity contribution in [1.29, 1.82) is 0 Å². The number of pyridine rings is 1. The third kappa shape index (κ3) is 2.28. The highest BCUT2D eigenvalue weighted by Crippen LogP contribution is 2.28. The van der Waals surface area contributed by atoms with Gasteiger partial charge >= 0.3 is 0 Å². The van der Waals surface area contributed by atoms with Gasteiger partial charge in [-0.3, -0.25) is 0 Å². The van der Waals surface area contributed by atoms with Gasteiger partial charge in [0.1, 0.15) is 5.82 Å². The molecule has 0 aliphatic heterocycles. The van der Waals surface area contributed by atoms with Gasteiger partial charge in [-0.1, -0.05) is 0 Å². The average molecular weight is 248 g/mol. The lowest BCUT2D eigenvalue weighted by Crippen LogP contribution is -2.28. The number of thiophene rings is 1. The van der Waals surface area contributed by atoms with Gasteiger partial charge in [0.15, 0.2) is 0 Å². The summed E-state index contributed by atoms with van der Waals surface area (Å²) in [4.78, 5) is 4.43. The summed E-state index contributed by atoms with van der Waals surface area (Å²) in [6.45, 7) is 0. The second-order valence-corrected chi connectivity index (χ2v) is 5.59. The Kier molecular flexibility index (Phi) is 2.99. The topological polar surface area (TPSA) is 45.1 Å². The van der Waals surface area contributed by atoms with Crippen LogP contribution >= 0.6 is 11.3 Å². The van der Waals surface area contributed by atoms with E-state index in [2.05, 4.69) is 27.8 Å². The summed E-state index contributed by atoms with van der Waals surface area (Å²) in [6.07, 6.45) is 5.62. The first-order chi connectivity index (χ1) is 8.33. The normalized spacial score (nSPS) is 25.0. The number of fused-ring (bicyclic) bond motifs is 1. The lowest BCUT2D eigenvalue weighted by molar-refractivity contribution is 0.126. The number of rotatable bonds is 2. The van der Waals surface area contributed by atoms with Crippen molar-refractivity contribution in [2.45, 2.75) is 37.8 Å². The number of nitrogens with one attached hydrogen (secondary N) is 1. The molecule has 0 atom stereocenters. The summed E-state index contributed by atoms with van der Waals surface area (Å²) in [5.41, 5.74) is 0. The Labute approximate surface area is 105 Å². The van der Waals surface area contributed by atoms with E-state index in [0.717, 1.165) is 31.5 Å². The van der Waals surface area contributed by atoms with Crippen LogP contribution in [0.2, 0.25) is 0 Å². The Morgan fingerprint density at radius 1 is 1.24 bits per heavy atom. The van der Waals surface area contributed by atoms with Crippen molar-refractivity contribution in [2.75, 3.05) is 5.32 Å². The Morgan fingerprint density at radius 3 is 2.88 bits per heavy atom. The van der Waals surface area contributed by atoms with Crippen molar-refractivity contribution < 1.29 is 5.11 Å². The SMILES string of the molecule is OC1CCC(Nc2nccc3sccc23)CC1. The van der Waals surface area contributed by atoms with Crippen LogP contribution in [0.15, 0.2) is 23.7 Å². The molecule has 1 aliphatic carbocycles. The van der Waals surface area contributed by atoms with Gasteiger partial charge in [-0.15, -0.1) is 11.3 Å². The van der Waals surface area contributed by atoms with Crippen molar-refractivity contribution in [2.24, 2.45) is 0 Å². The number of aliphatic hydroxyl groups is 1. The van der Waals surface area contributed by atoms with Gasteiger partial charge in [0.25, 0.3) is 0 Å². The first kappa shape index (κ1) is 11.0. The first-order valence-electron chi connectivity index (χ1n) is 6.10. The van der Waals surface area contributed by atoms with Gasteiger partial charge in [-0.2, -0.15) is 0 Å². The van der Waals surface area contributed by atoms with Crippen molar-refractivity contribution in [3.63, 3.8) is 0 Å². The van der Waals surface area contributed by atoms with Gasteiger partial charge in [0, 0.05) is 22.3 Å². The largest absolute Gasteiger partial charge is 0.393 e. The molecule has 0 aromatic carbocycles. The zero-order chi connectivity index (χ0) is 11.7. The van der Waals surface area contributed by atoms with Gasteiger partial charge in [-0.05, 0) is 43.2 Å². The molecule has 0 bridgehead atoms. The van der Waals surface area contributed by atoms with Crippen LogP contribution in [-0.2, 0) is 0 Å². The highest BCUT2D eigenvalue weighted by atomic mass is 32.1. The molecule has 0 saturated heterocycles. The maximum absolute atomic E-state index is 9.49. The maximum atomic E-state index is 9.49. The number of hydrogen-bond donors (Lipinski definition) is 2. The highest BCUT2D eigenvalue weighted by Gasteiger charge is 2.19. The van der Waals surface area contributed by atoms with Crippen molar-refractivity contribution in [3.05, 3.63) is 23.7 Å². The summed E-state index contributed by atoms with van der Waals surface area (Å²) < 4.78 is 1.28. The van der Waals surface area contributed by atoms with E-state index in [1.807, 2.05) is 6.20 Å². The molecule has 2 aromatic rings. The van der Waals surface area contributed by atoms with Crippen molar-refractivity contribution >= 4 is 27.2 Å². The zero-order valence-electron chi connectivity index (χ0n) is 9.60. The van der Waals surface area contributed by atoms with Crippen LogP contribution in [0.25, 0.3) is 10.1 Å². The van der Waals surface area contributed by atoms with E-state index in [9.17, 15) is 5.11 Å². The quantitative estimate of drug-likeness (QED) is 0.858. The minimum Gasteiger partial charge on any atom is -0.393 e. The standard InChI is InChI=1S/C13H16N2OS/c16-10-3-1-9(2-4-10)15-13-11-6-8-17-12(11)5-7-14-13/h5-10,16H,1-4H2,(H,14,15). The fraction of sp³-hybridized carbons (Fsp3) is 0.462. The zero-order valence-corrected chi connectivity index (χ0v) is 10.4. The smallest absolute Gasteiger partial charge is 0.134 e. The minimum absolute atomic E-state index is 0.0991. The summed E-state index contributed by atoms with van der Waals surface area (Å²) in [6, 6.07) is 4.62. The van der Waals surface area contributed by atoms with Crippen LogP contribution in [0.1, 0.15) is 25.7 Å². The van der Waals surface area contributed by atoms with Gasteiger partial charge < -0.3 is 10.4 Å². The molecule has 1 fully saturated rings. The number of hydrogen-bond acceptors (Lipinski definition) is 4. The molecule has 1 aliphatic rings. The fourth-order valence-electron chi connectivity index (χ4n) is 2.42. The molecule has 2 aromatic heterocycles. The number of aromatic nitrogens is 1. The molecular formula is C13H16N2OS. The summed E-state index contributed by atoms with van der Waals surface area (Å²) in [5.74, 6) is 0.991. The Morgan fingerprint density at radius 2 is 2.06 bits per heavy atom. The summed E-state index contributed by atoms with van der Waals surface area (Å²) in [5, 5.41) is 16.3. The summed E-state index contributed by atoms with van der Waals surface area (Å²) >= 11 is 1.74. The van der Waals surface area contributed by atoms with Crippen LogP contribution in [0.4, 0.5) is 5.82 Å². The Balaban J connectivity index is 1.78. The highest BCUT2D eigenvalue weighted by molar-refractivity contribution is 7.17. The molecule has 0 spiro atoms. The van der Waals surface area contributed by atoms with E-state index < -0.39 is 0 Å². The van der Waals surface area contributed by atoms with E-state index in [1.54, 1.807) is 11.3 Å². The number of nitrogens with zero attached hydrogens (tertiary/aromatic N) is 1. The van der Waals surface area contributed by atoms with Crippen LogP contribution in [0, 0.1) is 0 Å². The maximum Gasteiger partial charge on any atom is 0.134 e. The van der Waals surface area contributed by atoms with Gasteiger partial charge in [0.2, 0.25) is 0 Å². The van der Waals surface area contributed by atoms with Crippen LogP contribution in [-0.4, -0.2) is 22.2 Å². The van der Waals surface area contributed by atoms with E-state index >= 15 is 0 Å². The Bertz CT molecular complexity index is 503. The predicted molar refractivity (Wildman–Crippen MR) is 71.5 cm³/mol. The number of anilines is 1. The third-order valence-corrected chi connectivity index (χ3v) is 4.30. The van der Waals surface area contributed by atoms with E-state index in [0.29, 0.717) is 6.04 Å². The summed E-state index contributed by atoms with van der Waals surface area (Å²) in [7, 11) is 0. The predicted octanol–water partition coefficient (Wildman–Crippen LogP) is 3.01. The van der Waals surface area contributed by atoms with Gasteiger partial charge in [0.05, 0.1) is 6.10 Å². The molecule has 3 nitrogen and oxygen atoms in total. The lowest BCUT2D eigenvalue weighted by atomic mass is 9.93. The molecule has 2 heterocycles. The molecular weight excluding hydrogens is 232 g/mol. The average Bonchev–Trinajstić information content (AvgIpc) is 2.81. The first-order valence-corrected chi connectivity index (χ1v) is 6.98. The monoisotopic (exact) mass is 248 g/mol. The molecule has 1 saturated carbocycles. The second kappa shape index (κ2) is 4.63. The third-order valence-electron chi connectivity index (χ3n) is 3.42. The lowest BCUT2D eigenvalue weighted by Gasteiger charge is -2.26. The minimum atomic E-state index is -0.0991. The molecule has 0 amide bonds. The van der Waals surface area contributed by atoms with Crippen LogP contribution in [0.3, 0.4) is 0 Å². The van der Waals surface area contributed by atoms with Crippen LogP contribution < -0.4 is 5.32 Å². The number of aliphatic hydroxyl groups excluding tert-OH is 1. The molecule has 0 unspecified atom stereocenters. The van der Waals surface area contributed by atoms with E-state index in [-0.39, 0.29) is 6.10 Å². The van der Waals surface area contributed by atoms with Crippen molar-refractivity contribution in [3.8, 4) is 0 Å². The molecule has 2 N–H and O–H groups in total. The fourth-order valence-corrected chi connectivity index (χ4v) is 3.21. The van der Waals surface area contributed by atoms with Crippen LogP contribution in [0.5, 0.6) is 0 Å². The molecule has 0 radical (unpaired) electrons. The van der Waals surface area contributed by atoms with Gasteiger partial charge in [-0.25, -0.2) is 4.98 Å². The molecule has 4 heteroatoms. The second-order valence-electron chi connectivity index (χ2n) is 4.64. The molecule has 90 valence electrons. The van der Waals surface area contributed by atoms with E-state index in [4.69, 9.17) is 0 Å².